The molecule has 11 nitrogen and oxygen atoms in total. The van der Waals surface area contributed by atoms with Crippen molar-refractivity contribution in [1.82, 2.24) is 9.88 Å². The van der Waals surface area contributed by atoms with Gasteiger partial charge in [-0.1, -0.05) is 6.07 Å². The first kappa shape index (κ1) is 27.6. The van der Waals surface area contributed by atoms with E-state index in [1.807, 2.05) is 0 Å². The minimum atomic E-state index is -1.46. The molecule has 1 amide bonds. The van der Waals surface area contributed by atoms with Gasteiger partial charge in [0.25, 0.3) is 17.7 Å². The van der Waals surface area contributed by atoms with Gasteiger partial charge in [0.2, 0.25) is 17.4 Å². The average molecular weight is 530 g/mol. The highest BCUT2D eigenvalue weighted by Crippen LogP contribution is 2.39. The van der Waals surface area contributed by atoms with Crippen LogP contribution < -0.4 is 19.9 Å². The summed E-state index contributed by atoms with van der Waals surface area (Å²) in [5.74, 6) is -8.12. The van der Waals surface area contributed by atoms with E-state index in [0.29, 0.717) is 0 Å². The number of nitrogens with zero attached hydrogens (tertiary/aromatic N) is 2. The second-order valence-electron chi connectivity index (χ2n) is 7.80. The largest absolute Gasteiger partial charge is 0.504 e. The van der Waals surface area contributed by atoms with Gasteiger partial charge in [-0.05, 0) is 43.3 Å². The molecule has 0 aliphatic rings. The molecule has 0 fully saturated rings. The molecule has 1 heterocycles. The van der Waals surface area contributed by atoms with Crippen LogP contribution in [-0.2, 0) is 9.53 Å². The van der Waals surface area contributed by atoms with Gasteiger partial charge in [0.05, 0.1) is 6.61 Å². The van der Waals surface area contributed by atoms with Gasteiger partial charge < -0.3 is 34.7 Å². The number of carbonyl (C=O) groups excluding carboxylic acids is 2. The van der Waals surface area contributed by atoms with E-state index in [2.05, 4.69) is 4.98 Å². The molecule has 0 aliphatic carbocycles. The molecule has 0 aliphatic heterocycles. The highest BCUT2D eigenvalue weighted by Gasteiger charge is 2.27. The second kappa shape index (κ2) is 11.9. The number of hydrogen-bond acceptors (Lipinski definition) is 9. The van der Waals surface area contributed by atoms with E-state index in [9.17, 15) is 14.7 Å². The number of benzene rings is 2. The summed E-state index contributed by atoms with van der Waals surface area (Å²) < 4.78 is 51.1. The van der Waals surface area contributed by atoms with Crippen LogP contribution in [0.2, 0.25) is 0 Å². The van der Waals surface area contributed by atoms with Crippen LogP contribution in [0.15, 0.2) is 42.5 Å². The lowest BCUT2D eigenvalue weighted by atomic mass is 10.2. The van der Waals surface area contributed by atoms with Crippen molar-refractivity contribution in [2.45, 2.75) is 6.92 Å². The maximum Gasteiger partial charge on any atom is 0.344 e. The van der Waals surface area contributed by atoms with Crippen molar-refractivity contribution in [3.05, 3.63) is 65.2 Å². The van der Waals surface area contributed by atoms with Gasteiger partial charge in [-0.25, -0.2) is 4.79 Å². The zero-order valence-electron chi connectivity index (χ0n) is 20.6. The van der Waals surface area contributed by atoms with Gasteiger partial charge in [-0.15, -0.1) is 0 Å². The number of carbonyl (C=O) groups is 2. The van der Waals surface area contributed by atoms with Crippen LogP contribution in [0.4, 0.5) is 8.78 Å². The molecule has 0 radical (unpaired) electrons. The average Bonchev–Trinajstić information content (AvgIpc) is 2.87. The molecule has 3 aromatic rings. The number of rotatable bonds is 10. The number of phenolic OH excluding ortho intramolecular Hbond substituents is 1. The number of aromatic hydroxyl groups is 1. The normalized spacial score (nSPS) is 10.4. The van der Waals surface area contributed by atoms with Crippen molar-refractivity contribution in [3.63, 3.8) is 0 Å². The Morgan fingerprint density at radius 2 is 1.74 bits per heavy atom. The first-order chi connectivity index (χ1) is 18.0. The van der Waals surface area contributed by atoms with E-state index in [1.165, 1.54) is 35.2 Å². The Hall–Kier alpha value is -4.94. The first-order valence-electron chi connectivity index (χ1n) is 11.0. The molecule has 38 heavy (non-hydrogen) atoms. The fourth-order valence-corrected chi connectivity index (χ4v) is 3.01. The van der Waals surface area contributed by atoms with Crippen molar-refractivity contribution >= 4 is 17.7 Å². The van der Waals surface area contributed by atoms with Crippen LogP contribution in [0.25, 0.3) is 0 Å². The number of amides is 1. The molecular formula is C25H24F2N4O7. The van der Waals surface area contributed by atoms with Crippen LogP contribution in [0.5, 0.6) is 34.8 Å². The molecule has 0 unspecified atom stereocenters. The molecule has 3 rings (SSSR count). The lowest BCUT2D eigenvalue weighted by Gasteiger charge is -2.16. The lowest BCUT2D eigenvalue weighted by Crippen LogP contribution is -2.21. The number of pyridine rings is 1. The Balaban J connectivity index is 2.06. The zero-order chi connectivity index (χ0) is 28.0. The van der Waals surface area contributed by atoms with Crippen molar-refractivity contribution in [2.24, 2.45) is 5.73 Å². The summed E-state index contributed by atoms with van der Waals surface area (Å²) >= 11 is 0. The maximum atomic E-state index is 15.3. The molecule has 0 bridgehead atoms. The summed E-state index contributed by atoms with van der Waals surface area (Å²) in [5.41, 5.74) is 5.81. The third-order valence-electron chi connectivity index (χ3n) is 4.80. The molecule has 0 saturated carbocycles. The van der Waals surface area contributed by atoms with Gasteiger partial charge in [0.1, 0.15) is 11.6 Å². The highest BCUT2D eigenvalue weighted by molar-refractivity contribution is 5.95. The van der Waals surface area contributed by atoms with Crippen molar-refractivity contribution in [3.8, 4) is 34.8 Å². The molecule has 4 N–H and O–H groups in total. The van der Waals surface area contributed by atoms with Gasteiger partial charge in [-0.3, -0.25) is 10.2 Å². The van der Waals surface area contributed by atoms with Crippen molar-refractivity contribution in [1.29, 1.82) is 5.41 Å². The van der Waals surface area contributed by atoms with Gasteiger partial charge >= 0.3 is 5.97 Å². The Kier molecular flexibility index (Phi) is 8.63. The summed E-state index contributed by atoms with van der Waals surface area (Å²) in [6, 6.07) is 9.32. The minimum absolute atomic E-state index is 0.0139. The Bertz CT molecular complexity index is 1380. The topological polar surface area (TPSA) is 157 Å². The number of nitrogens with two attached hydrogens (primary N) is 1. The van der Waals surface area contributed by atoms with E-state index in [1.54, 1.807) is 21.0 Å². The molecule has 2 aromatic carbocycles. The summed E-state index contributed by atoms with van der Waals surface area (Å²) in [5, 5.41) is 17.7. The van der Waals surface area contributed by atoms with E-state index >= 15 is 8.78 Å². The zero-order valence-corrected chi connectivity index (χ0v) is 20.6. The number of esters is 1. The van der Waals surface area contributed by atoms with Crippen LogP contribution in [0.3, 0.4) is 0 Å². The number of hydrogen-bond donors (Lipinski definition) is 3. The Labute approximate surface area is 215 Å². The van der Waals surface area contributed by atoms with E-state index in [-0.39, 0.29) is 41.0 Å². The molecule has 200 valence electrons. The van der Waals surface area contributed by atoms with Gasteiger partial charge in [0, 0.05) is 25.2 Å². The van der Waals surface area contributed by atoms with Gasteiger partial charge in [-0.2, -0.15) is 13.8 Å². The van der Waals surface area contributed by atoms with Crippen molar-refractivity contribution in [2.75, 3.05) is 27.3 Å². The SMILES string of the molecule is CCOC(=O)COc1c(F)c(Oc2cccc(C(=O)N(C)C)c2)nc(Oc2cc(C(=N)N)ccc2O)c1F. The maximum absolute atomic E-state index is 15.3. The number of halogens is 2. The highest BCUT2D eigenvalue weighted by atomic mass is 19.1. The smallest absolute Gasteiger partial charge is 0.344 e. The second-order valence-corrected chi connectivity index (χ2v) is 7.80. The lowest BCUT2D eigenvalue weighted by molar-refractivity contribution is -0.145. The number of nitrogen functional groups attached to an aromatic ring is 1. The third-order valence-corrected chi connectivity index (χ3v) is 4.80. The standard InChI is InChI=1S/C25H24F2N4O7/c1-4-35-18(33)12-36-21-19(26)23(37-15-7-5-6-14(10-15)25(34)31(2)3)30-24(20(21)27)38-17-11-13(22(28)29)8-9-16(17)32/h5-11,32H,4,12H2,1-3H3,(H3,28,29). The van der Waals surface area contributed by atoms with Crippen LogP contribution in [0, 0.1) is 17.0 Å². The monoisotopic (exact) mass is 530 g/mol. The van der Waals surface area contributed by atoms with E-state index in [4.69, 9.17) is 30.1 Å². The molecule has 13 heteroatoms. The number of phenols is 1. The number of aromatic nitrogens is 1. The van der Waals surface area contributed by atoms with E-state index < -0.39 is 47.5 Å². The summed E-state index contributed by atoms with van der Waals surface area (Å²) in [6.07, 6.45) is 0. The molecule has 1 aromatic heterocycles. The fraction of sp³-hybridized carbons (Fsp3) is 0.200. The van der Waals surface area contributed by atoms with Crippen molar-refractivity contribution < 1.29 is 42.4 Å². The number of ether oxygens (including phenoxy) is 4. The van der Waals surface area contributed by atoms with E-state index in [0.717, 1.165) is 12.1 Å². The Morgan fingerprint density at radius 1 is 1.05 bits per heavy atom. The summed E-state index contributed by atoms with van der Waals surface area (Å²) in [4.78, 5) is 29.1. The summed E-state index contributed by atoms with van der Waals surface area (Å²) in [6.45, 7) is 0.711. The quantitative estimate of drug-likeness (QED) is 0.202. The third kappa shape index (κ3) is 6.43. The Morgan fingerprint density at radius 3 is 2.37 bits per heavy atom. The van der Waals surface area contributed by atoms with Crippen LogP contribution in [0.1, 0.15) is 22.8 Å². The predicted octanol–water partition coefficient (Wildman–Crippen LogP) is 3.58. The molecule has 0 saturated heterocycles. The first-order valence-corrected chi connectivity index (χ1v) is 11.0. The minimum Gasteiger partial charge on any atom is -0.504 e. The fourth-order valence-electron chi connectivity index (χ4n) is 3.01. The molecule has 0 atom stereocenters. The molecule has 0 spiro atoms. The van der Waals surface area contributed by atoms with Gasteiger partial charge in [0.15, 0.2) is 18.1 Å². The number of amidine groups is 1. The molecular weight excluding hydrogens is 506 g/mol. The van der Waals surface area contributed by atoms with Crippen LogP contribution in [-0.4, -0.2) is 60.0 Å². The van der Waals surface area contributed by atoms with Crippen LogP contribution >= 0.6 is 0 Å². The number of nitrogens with one attached hydrogen (secondary N) is 1. The predicted molar refractivity (Wildman–Crippen MR) is 130 cm³/mol. The summed E-state index contributed by atoms with van der Waals surface area (Å²) in [7, 11) is 3.09.